The van der Waals surface area contributed by atoms with E-state index >= 15 is 0 Å². The zero-order valence-electron chi connectivity index (χ0n) is 10.6. The minimum Gasteiger partial charge on any atom is -0.375 e. The number of rotatable bonds is 8. The van der Waals surface area contributed by atoms with Crippen LogP contribution in [0.1, 0.15) is 38.0 Å². The Labute approximate surface area is 105 Å². The molecule has 1 heterocycles. The zero-order valence-corrected chi connectivity index (χ0v) is 10.6. The molecule has 0 aliphatic carbocycles. The molecule has 0 aromatic carbocycles. The predicted molar refractivity (Wildman–Crippen MR) is 61.2 cm³/mol. The molecule has 1 aromatic heterocycles. The number of nitrogens with two attached hydrogens (primary N) is 1. The third-order valence-corrected chi connectivity index (χ3v) is 2.74. The molecule has 18 heavy (non-hydrogen) atoms. The van der Waals surface area contributed by atoms with Crippen LogP contribution in [0.5, 0.6) is 0 Å². The van der Waals surface area contributed by atoms with Crippen molar-refractivity contribution in [1.82, 2.24) is 10.1 Å². The van der Waals surface area contributed by atoms with Crippen LogP contribution in [0.2, 0.25) is 0 Å². The van der Waals surface area contributed by atoms with Crippen molar-refractivity contribution in [1.29, 1.82) is 0 Å². The number of nitrogens with zero attached hydrogens (tertiary/aromatic N) is 2. The standard InChI is InChI=1S/C11H19F2N3O2/c1-3-7(2)10(14)11-15-9(16-18-11)4-5-17-6-8(12)13/h7-8,10H,3-6,14H2,1-2H3. The maximum atomic E-state index is 11.8. The van der Waals surface area contributed by atoms with Crippen molar-refractivity contribution in [2.24, 2.45) is 11.7 Å². The van der Waals surface area contributed by atoms with Gasteiger partial charge in [-0.05, 0) is 5.92 Å². The summed E-state index contributed by atoms with van der Waals surface area (Å²) in [5, 5.41) is 3.74. The third-order valence-electron chi connectivity index (χ3n) is 2.74. The predicted octanol–water partition coefficient (Wildman–Crippen LogP) is 1.94. The van der Waals surface area contributed by atoms with Crippen LogP contribution in [-0.4, -0.2) is 29.8 Å². The monoisotopic (exact) mass is 263 g/mol. The molecule has 1 rings (SSSR count). The molecule has 0 radical (unpaired) electrons. The van der Waals surface area contributed by atoms with Gasteiger partial charge in [-0.2, -0.15) is 4.98 Å². The van der Waals surface area contributed by atoms with E-state index in [9.17, 15) is 8.78 Å². The number of alkyl halides is 2. The van der Waals surface area contributed by atoms with Gasteiger partial charge in [0, 0.05) is 6.42 Å². The quantitative estimate of drug-likeness (QED) is 0.725. The summed E-state index contributed by atoms with van der Waals surface area (Å²) in [6.45, 7) is 3.60. The topological polar surface area (TPSA) is 74.2 Å². The van der Waals surface area contributed by atoms with E-state index in [-0.39, 0.29) is 18.6 Å². The van der Waals surface area contributed by atoms with E-state index in [2.05, 4.69) is 10.1 Å². The van der Waals surface area contributed by atoms with Crippen molar-refractivity contribution in [2.75, 3.05) is 13.2 Å². The molecule has 0 saturated heterocycles. The first-order valence-electron chi connectivity index (χ1n) is 5.98. The lowest BCUT2D eigenvalue weighted by Gasteiger charge is -2.12. The lowest BCUT2D eigenvalue weighted by Crippen LogP contribution is -2.19. The fourth-order valence-electron chi connectivity index (χ4n) is 1.34. The highest BCUT2D eigenvalue weighted by Crippen LogP contribution is 2.19. The summed E-state index contributed by atoms with van der Waals surface area (Å²) < 4.78 is 33.4. The Morgan fingerprint density at radius 1 is 1.44 bits per heavy atom. The molecule has 0 aliphatic heterocycles. The summed E-state index contributed by atoms with van der Waals surface area (Å²) in [6.07, 6.45) is -1.20. The van der Waals surface area contributed by atoms with Crippen LogP contribution in [0.25, 0.3) is 0 Å². The minimum absolute atomic E-state index is 0.141. The molecule has 0 saturated carbocycles. The molecule has 0 aliphatic rings. The van der Waals surface area contributed by atoms with Crippen molar-refractivity contribution >= 4 is 0 Å². The molecule has 2 unspecified atom stereocenters. The highest BCUT2D eigenvalue weighted by Gasteiger charge is 2.19. The van der Waals surface area contributed by atoms with Crippen molar-refractivity contribution in [3.63, 3.8) is 0 Å². The van der Waals surface area contributed by atoms with Crippen LogP contribution in [0.3, 0.4) is 0 Å². The molecular formula is C11H19F2N3O2. The fraction of sp³-hybridized carbons (Fsp3) is 0.818. The Morgan fingerprint density at radius 2 is 2.17 bits per heavy atom. The highest BCUT2D eigenvalue weighted by atomic mass is 19.3. The normalized spacial score (nSPS) is 15.0. The highest BCUT2D eigenvalue weighted by molar-refractivity contribution is 4.93. The van der Waals surface area contributed by atoms with Crippen LogP contribution in [0.15, 0.2) is 4.52 Å². The number of hydrogen-bond donors (Lipinski definition) is 1. The maximum absolute atomic E-state index is 11.8. The van der Waals surface area contributed by atoms with Crippen molar-refractivity contribution in [3.8, 4) is 0 Å². The maximum Gasteiger partial charge on any atom is 0.261 e. The van der Waals surface area contributed by atoms with E-state index in [0.717, 1.165) is 6.42 Å². The minimum atomic E-state index is -2.45. The van der Waals surface area contributed by atoms with E-state index in [1.54, 1.807) is 0 Å². The van der Waals surface area contributed by atoms with Gasteiger partial charge in [-0.15, -0.1) is 0 Å². The molecular weight excluding hydrogens is 244 g/mol. The van der Waals surface area contributed by atoms with Crippen LogP contribution < -0.4 is 5.73 Å². The second kappa shape index (κ2) is 7.38. The van der Waals surface area contributed by atoms with Gasteiger partial charge in [0.2, 0.25) is 5.89 Å². The molecule has 0 amide bonds. The molecule has 0 fully saturated rings. The van der Waals surface area contributed by atoms with Gasteiger partial charge < -0.3 is 15.0 Å². The number of halogens is 2. The van der Waals surface area contributed by atoms with Gasteiger partial charge in [-0.3, -0.25) is 0 Å². The van der Waals surface area contributed by atoms with E-state index in [1.165, 1.54) is 0 Å². The molecule has 2 atom stereocenters. The SMILES string of the molecule is CCC(C)C(N)c1nc(CCOCC(F)F)no1. The van der Waals surface area contributed by atoms with Gasteiger partial charge in [0.1, 0.15) is 6.61 Å². The van der Waals surface area contributed by atoms with E-state index in [0.29, 0.717) is 18.1 Å². The second-order valence-electron chi connectivity index (χ2n) is 4.18. The summed E-state index contributed by atoms with van der Waals surface area (Å²) in [5.74, 6) is 1.06. The molecule has 2 N–H and O–H groups in total. The molecule has 0 spiro atoms. The molecule has 7 heteroatoms. The summed E-state index contributed by atoms with van der Waals surface area (Å²) in [5.41, 5.74) is 5.93. The smallest absolute Gasteiger partial charge is 0.261 e. The Kier molecular flexibility index (Phi) is 6.14. The van der Waals surface area contributed by atoms with Crippen molar-refractivity contribution in [3.05, 3.63) is 11.7 Å². The van der Waals surface area contributed by atoms with Gasteiger partial charge in [0.15, 0.2) is 5.82 Å². The van der Waals surface area contributed by atoms with Crippen LogP contribution >= 0.6 is 0 Å². The van der Waals surface area contributed by atoms with Gasteiger partial charge >= 0.3 is 0 Å². The van der Waals surface area contributed by atoms with Gasteiger partial charge in [0.25, 0.3) is 6.43 Å². The number of aromatic nitrogens is 2. The Balaban J connectivity index is 2.38. The zero-order chi connectivity index (χ0) is 13.5. The van der Waals surface area contributed by atoms with Crippen LogP contribution in [-0.2, 0) is 11.2 Å². The van der Waals surface area contributed by atoms with Crippen molar-refractivity contribution in [2.45, 2.75) is 39.2 Å². The molecule has 5 nitrogen and oxygen atoms in total. The summed E-state index contributed by atoms with van der Waals surface area (Å²) in [4.78, 5) is 4.13. The first-order valence-corrected chi connectivity index (χ1v) is 5.98. The van der Waals surface area contributed by atoms with E-state index in [4.69, 9.17) is 15.0 Å². The second-order valence-corrected chi connectivity index (χ2v) is 4.18. The van der Waals surface area contributed by atoms with Crippen LogP contribution in [0.4, 0.5) is 8.78 Å². The summed E-state index contributed by atoms with van der Waals surface area (Å²) >= 11 is 0. The van der Waals surface area contributed by atoms with E-state index in [1.807, 2.05) is 13.8 Å². The average Bonchev–Trinajstić information content (AvgIpc) is 2.81. The Bertz CT molecular complexity index is 347. The van der Waals surface area contributed by atoms with Gasteiger partial charge in [0.05, 0.1) is 12.6 Å². The van der Waals surface area contributed by atoms with Crippen LogP contribution in [0, 0.1) is 5.92 Å². The summed E-state index contributed by atoms with van der Waals surface area (Å²) in [7, 11) is 0. The van der Waals surface area contributed by atoms with Gasteiger partial charge in [-0.25, -0.2) is 8.78 Å². The lowest BCUT2D eigenvalue weighted by atomic mass is 10.0. The molecule has 104 valence electrons. The fourth-order valence-corrected chi connectivity index (χ4v) is 1.34. The molecule has 0 bridgehead atoms. The molecule has 1 aromatic rings. The first-order chi connectivity index (χ1) is 8.54. The van der Waals surface area contributed by atoms with Crippen molar-refractivity contribution < 1.29 is 18.0 Å². The average molecular weight is 263 g/mol. The number of ether oxygens (including phenoxy) is 1. The lowest BCUT2D eigenvalue weighted by molar-refractivity contribution is 0.0182. The largest absolute Gasteiger partial charge is 0.375 e. The Morgan fingerprint density at radius 3 is 2.78 bits per heavy atom. The summed E-state index contributed by atoms with van der Waals surface area (Å²) in [6, 6.07) is -0.293. The third kappa shape index (κ3) is 4.66. The van der Waals surface area contributed by atoms with E-state index < -0.39 is 13.0 Å². The van der Waals surface area contributed by atoms with Gasteiger partial charge in [-0.1, -0.05) is 25.4 Å². The Hall–Kier alpha value is -1.08. The number of hydrogen-bond acceptors (Lipinski definition) is 5. The first kappa shape index (κ1) is 15.0.